The average Bonchev–Trinajstić information content (AvgIpc) is 3.60. The van der Waals surface area contributed by atoms with E-state index in [0.717, 1.165) is 100 Å². The molecule has 3 aliphatic rings. The molecule has 1 spiro atoms. The van der Waals surface area contributed by atoms with Gasteiger partial charge in [0, 0.05) is 62.4 Å². The number of fused-ring (bicyclic) bond motifs is 14. The van der Waals surface area contributed by atoms with E-state index in [9.17, 15) is 0 Å². The van der Waals surface area contributed by atoms with Crippen LogP contribution in [0.15, 0.2) is 204 Å². The molecule has 1 atom stereocenters. The maximum absolute atomic E-state index is 7.18. The zero-order valence-corrected chi connectivity index (χ0v) is 32.9. The third-order valence-corrected chi connectivity index (χ3v) is 13.6. The number of para-hydroxylation sites is 3. The second-order valence-electron chi connectivity index (χ2n) is 15.6. The van der Waals surface area contributed by atoms with Crippen molar-refractivity contribution in [2.24, 2.45) is 0 Å². The van der Waals surface area contributed by atoms with Crippen molar-refractivity contribution < 1.29 is 4.74 Å². The molecule has 0 amide bonds. The SMILES string of the molecule is c1cc(-c2cnc3c(c2)C2(c4ccccc4Oc4c2ccc2c4Sc4ccccc4N2c2ccc4ccccc4c2)c2cccnc2-3)cc(-c2cccc3cccnc23)c1. The van der Waals surface area contributed by atoms with Crippen LogP contribution in [0.5, 0.6) is 11.5 Å². The first-order valence-electron chi connectivity index (χ1n) is 20.2. The molecule has 10 aromatic rings. The molecule has 60 heavy (non-hydrogen) atoms. The number of benzene rings is 7. The van der Waals surface area contributed by atoms with Crippen LogP contribution in [0.2, 0.25) is 0 Å². The monoisotopic (exact) mass is 784 g/mol. The van der Waals surface area contributed by atoms with Gasteiger partial charge in [-0.2, -0.15) is 0 Å². The highest BCUT2D eigenvalue weighted by molar-refractivity contribution is 7.99. The predicted octanol–water partition coefficient (Wildman–Crippen LogP) is 13.9. The van der Waals surface area contributed by atoms with E-state index in [4.69, 9.17) is 19.7 Å². The minimum Gasteiger partial charge on any atom is -0.455 e. The predicted molar refractivity (Wildman–Crippen MR) is 242 cm³/mol. The van der Waals surface area contributed by atoms with Gasteiger partial charge in [-0.25, -0.2) is 0 Å². The summed E-state index contributed by atoms with van der Waals surface area (Å²) in [6, 6.07) is 62.9. The number of anilines is 3. The van der Waals surface area contributed by atoms with Crippen LogP contribution in [-0.4, -0.2) is 15.0 Å². The fraction of sp³-hybridized carbons (Fsp3) is 0.0185. The van der Waals surface area contributed by atoms with Gasteiger partial charge >= 0.3 is 0 Å². The molecule has 0 radical (unpaired) electrons. The van der Waals surface area contributed by atoms with Gasteiger partial charge in [0.05, 0.1) is 38.6 Å². The van der Waals surface area contributed by atoms with Crippen LogP contribution < -0.4 is 9.64 Å². The van der Waals surface area contributed by atoms with Crippen LogP contribution in [0.25, 0.3) is 55.3 Å². The summed E-state index contributed by atoms with van der Waals surface area (Å²) in [6.45, 7) is 0. The zero-order valence-electron chi connectivity index (χ0n) is 32.1. The van der Waals surface area contributed by atoms with Gasteiger partial charge in [-0.3, -0.25) is 15.0 Å². The van der Waals surface area contributed by atoms with Gasteiger partial charge in [0.15, 0.2) is 0 Å². The van der Waals surface area contributed by atoms with Crippen molar-refractivity contribution in [1.82, 2.24) is 15.0 Å². The molecule has 13 rings (SSSR count). The fourth-order valence-corrected chi connectivity index (χ4v) is 11.0. The largest absolute Gasteiger partial charge is 0.455 e. The van der Waals surface area contributed by atoms with Crippen molar-refractivity contribution in [1.29, 1.82) is 0 Å². The van der Waals surface area contributed by atoms with Crippen molar-refractivity contribution in [2.75, 3.05) is 4.90 Å². The molecule has 5 nitrogen and oxygen atoms in total. The minimum atomic E-state index is -0.746. The molecule has 0 saturated heterocycles. The lowest BCUT2D eigenvalue weighted by atomic mass is 9.66. The first-order valence-corrected chi connectivity index (χ1v) is 21.0. The van der Waals surface area contributed by atoms with E-state index in [1.54, 1.807) is 11.8 Å². The quantitative estimate of drug-likeness (QED) is 0.178. The summed E-state index contributed by atoms with van der Waals surface area (Å²) in [5.74, 6) is 1.68. The molecule has 6 heteroatoms. The Kier molecular flexibility index (Phi) is 7.09. The van der Waals surface area contributed by atoms with Gasteiger partial charge in [0.25, 0.3) is 0 Å². The first-order chi connectivity index (χ1) is 29.7. The van der Waals surface area contributed by atoms with Gasteiger partial charge in [-0.05, 0) is 88.1 Å². The van der Waals surface area contributed by atoms with Gasteiger partial charge in [0.1, 0.15) is 11.5 Å². The van der Waals surface area contributed by atoms with E-state index in [-0.39, 0.29) is 0 Å². The molecule has 3 aromatic heterocycles. The Labute approximate surface area is 350 Å². The van der Waals surface area contributed by atoms with E-state index in [2.05, 4.69) is 175 Å². The third kappa shape index (κ3) is 4.68. The topological polar surface area (TPSA) is 51.1 Å². The Balaban J connectivity index is 1.04. The van der Waals surface area contributed by atoms with Crippen molar-refractivity contribution in [3.63, 3.8) is 0 Å². The summed E-state index contributed by atoms with van der Waals surface area (Å²) < 4.78 is 7.18. The summed E-state index contributed by atoms with van der Waals surface area (Å²) >= 11 is 1.78. The molecule has 0 fully saturated rings. The molecule has 0 saturated carbocycles. The number of ether oxygens (including phenoxy) is 1. The zero-order chi connectivity index (χ0) is 39.4. The molecule has 1 aliphatic carbocycles. The lowest BCUT2D eigenvalue weighted by molar-refractivity contribution is 0.426. The Hall–Kier alpha value is -7.54. The normalized spacial score (nSPS) is 15.4. The Morgan fingerprint density at radius 1 is 0.483 bits per heavy atom. The lowest BCUT2D eigenvalue weighted by Crippen LogP contribution is -2.33. The standard InChI is InChI=1S/C54H32N4OS/c1-2-12-36-30-39(24-23-33(36)11-1)58-45-20-4-6-22-48(45)60-53-46(58)26-25-43-52(53)59-47-21-5-3-18-41(47)54(43)42-19-10-28-56-50(42)51-44(54)31-38(32-57-51)35-14-7-15-37(29-35)40-17-8-13-34-16-9-27-55-49(34)40/h1-32H. The number of pyridine rings is 3. The van der Waals surface area contributed by atoms with E-state index >= 15 is 0 Å². The van der Waals surface area contributed by atoms with Gasteiger partial charge in [0.2, 0.25) is 0 Å². The van der Waals surface area contributed by atoms with Gasteiger partial charge in [-0.1, -0.05) is 127 Å². The second-order valence-corrected chi connectivity index (χ2v) is 16.6. The summed E-state index contributed by atoms with van der Waals surface area (Å²) in [7, 11) is 0. The van der Waals surface area contributed by atoms with Crippen molar-refractivity contribution in [3.05, 3.63) is 217 Å². The molecule has 280 valence electrons. The smallest absolute Gasteiger partial charge is 0.148 e. The molecule has 0 bridgehead atoms. The highest BCUT2D eigenvalue weighted by Crippen LogP contribution is 2.65. The van der Waals surface area contributed by atoms with E-state index in [0.29, 0.717) is 0 Å². The maximum atomic E-state index is 7.18. The van der Waals surface area contributed by atoms with Crippen LogP contribution in [0.4, 0.5) is 17.1 Å². The fourth-order valence-electron chi connectivity index (χ4n) is 9.83. The highest BCUT2D eigenvalue weighted by Gasteiger charge is 2.53. The second kappa shape index (κ2) is 12.7. The minimum absolute atomic E-state index is 0.746. The van der Waals surface area contributed by atoms with E-state index in [1.807, 2.05) is 24.7 Å². The van der Waals surface area contributed by atoms with Crippen molar-refractivity contribution >= 4 is 50.5 Å². The average molecular weight is 785 g/mol. The molecule has 0 N–H and O–H groups in total. The summed E-state index contributed by atoms with van der Waals surface area (Å²) in [5.41, 5.74) is 14.0. The van der Waals surface area contributed by atoms with Crippen LogP contribution >= 0.6 is 11.8 Å². The number of rotatable bonds is 3. The molecular weight excluding hydrogens is 753 g/mol. The number of hydrogen-bond acceptors (Lipinski definition) is 6. The Morgan fingerprint density at radius 2 is 1.25 bits per heavy atom. The van der Waals surface area contributed by atoms with Crippen LogP contribution in [0, 0.1) is 0 Å². The van der Waals surface area contributed by atoms with E-state index in [1.165, 1.54) is 15.7 Å². The number of aromatic nitrogens is 3. The van der Waals surface area contributed by atoms with Gasteiger partial charge in [-0.15, -0.1) is 0 Å². The van der Waals surface area contributed by atoms with Crippen LogP contribution in [-0.2, 0) is 5.41 Å². The molecule has 1 unspecified atom stereocenters. The number of hydrogen-bond donors (Lipinski definition) is 0. The van der Waals surface area contributed by atoms with E-state index < -0.39 is 5.41 Å². The molecule has 7 aromatic carbocycles. The molecule has 2 aliphatic heterocycles. The summed E-state index contributed by atoms with van der Waals surface area (Å²) in [5, 5.41) is 3.53. The van der Waals surface area contributed by atoms with Crippen molar-refractivity contribution in [3.8, 4) is 45.1 Å². The van der Waals surface area contributed by atoms with Gasteiger partial charge < -0.3 is 9.64 Å². The molecule has 5 heterocycles. The summed E-state index contributed by atoms with van der Waals surface area (Å²) in [6.07, 6.45) is 5.75. The Morgan fingerprint density at radius 3 is 2.23 bits per heavy atom. The Bertz CT molecular complexity index is 3430. The summed E-state index contributed by atoms with van der Waals surface area (Å²) in [4.78, 5) is 19.7. The third-order valence-electron chi connectivity index (χ3n) is 12.4. The highest BCUT2D eigenvalue weighted by atomic mass is 32.2. The van der Waals surface area contributed by atoms with Crippen LogP contribution in [0.1, 0.15) is 22.3 Å². The van der Waals surface area contributed by atoms with Crippen molar-refractivity contribution in [2.45, 2.75) is 15.2 Å². The first kappa shape index (κ1) is 33.4. The lowest BCUT2D eigenvalue weighted by Gasteiger charge is -2.41. The maximum Gasteiger partial charge on any atom is 0.148 e. The molecular formula is C54H32N4OS. The van der Waals surface area contributed by atoms with Crippen LogP contribution in [0.3, 0.4) is 0 Å². The number of nitrogens with zero attached hydrogens (tertiary/aromatic N) is 4.